The summed E-state index contributed by atoms with van der Waals surface area (Å²) >= 11 is 0. The zero-order valence-corrected chi connectivity index (χ0v) is 14.9. The van der Waals surface area contributed by atoms with E-state index in [-0.39, 0.29) is 24.5 Å². The van der Waals surface area contributed by atoms with Crippen LogP contribution in [0.1, 0.15) is 85.5 Å². The summed E-state index contributed by atoms with van der Waals surface area (Å²) in [6.45, 7) is 8.76. The highest BCUT2D eigenvalue weighted by atomic mass is 16.5. The van der Waals surface area contributed by atoms with Crippen molar-refractivity contribution in [2.75, 3.05) is 6.61 Å². The molecule has 0 aromatic carbocycles. The molecule has 0 spiro atoms. The highest BCUT2D eigenvalue weighted by Crippen LogP contribution is 2.10. The maximum absolute atomic E-state index is 11.7. The zero-order valence-electron chi connectivity index (χ0n) is 14.9. The number of esters is 2. The van der Waals surface area contributed by atoms with Gasteiger partial charge in [-0.3, -0.25) is 9.59 Å². The van der Waals surface area contributed by atoms with Crippen LogP contribution in [0.3, 0.4) is 0 Å². The molecule has 0 amide bonds. The van der Waals surface area contributed by atoms with Crippen LogP contribution in [0.2, 0.25) is 0 Å². The lowest BCUT2D eigenvalue weighted by molar-refractivity contribution is -0.149. The molecular weight excluding hydrogens is 280 g/mol. The van der Waals surface area contributed by atoms with Crippen molar-refractivity contribution in [3.63, 3.8) is 0 Å². The normalized spacial score (nSPS) is 12.2. The molecule has 0 saturated carbocycles. The molecule has 1 atom stereocenters. The van der Waals surface area contributed by atoms with Crippen molar-refractivity contribution >= 4 is 11.9 Å². The Morgan fingerprint density at radius 2 is 1.55 bits per heavy atom. The SMILES string of the molecule is CCCCCC(C)OC(=O)CCCC(=O)OCC(CC)CC. The fraction of sp³-hybridized carbons (Fsp3) is 0.889. The van der Waals surface area contributed by atoms with E-state index in [9.17, 15) is 9.59 Å². The average molecular weight is 314 g/mol. The Labute approximate surface area is 135 Å². The predicted octanol–water partition coefficient (Wildman–Crippen LogP) is 4.65. The van der Waals surface area contributed by atoms with Gasteiger partial charge in [0.1, 0.15) is 0 Å². The highest BCUT2D eigenvalue weighted by Gasteiger charge is 2.12. The van der Waals surface area contributed by atoms with E-state index in [1.165, 1.54) is 12.8 Å². The van der Waals surface area contributed by atoms with Gasteiger partial charge in [0.25, 0.3) is 0 Å². The maximum Gasteiger partial charge on any atom is 0.306 e. The second kappa shape index (κ2) is 13.6. The van der Waals surface area contributed by atoms with Crippen molar-refractivity contribution in [1.29, 1.82) is 0 Å². The minimum absolute atomic E-state index is 0.0270. The van der Waals surface area contributed by atoms with E-state index < -0.39 is 0 Å². The lowest BCUT2D eigenvalue weighted by atomic mass is 10.1. The van der Waals surface area contributed by atoms with Gasteiger partial charge in [-0.15, -0.1) is 0 Å². The Morgan fingerprint density at radius 1 is 0.909 bits per heavy atom. The predicted molar refractivity (Wildman–Crippen MR) is 88.6 cm³/mol. The Morgan fingerprint density at radius 3 is 2.14 bits per heavy atom. The first-order valence-electron chi connectivity index (χ1n) is 8.88. The van der Waals surface area contributed by atoms with Crippen molar-refractivity contribution in [1.82, 2.24) is 0 Å². The van der Waals surface area contributed by atoms with Crippen LogP contribution in [0.4, 0.5) is 0 Å². The molecule has 0 aliphatic carbocycles. The van der Waals surface area contributed by atoms with Gasteiger partial charge in [-0.1, -0.05) is 46.5 Å². The molecule has 0 fully saturated rings. The maximum atomic E-state index is 11.7. The lowest BCUT2D eigenvalue weighted by Crippen LogP contribution is -2.16. The van der Waals surface area contributed by atoms with E-state index >= 15 is 0 Å². The van der Waals surface area contributed by atoms with Crippen molar-refractivity contribution in [2.24, 2.45) is 5.92 Å². The molecular formula is C18H34O4. The van der Waals surface area contributed by atoms with E-state index in [1.54, 1.807) is 0 Å². The summed E-state index contributed by atoms with van der Waals surface area (Å²) in [5.74, 6) is 0.0189. The molecule has 0 radical (unpaired) electrons. The van der Waals surface area contributed by atoms with E-state index in [0.29, 0.717) is 25.4 Å². The van der Waals surface area contributed by atoms with Gasteiger partial charge >= 0.3 is 11.9 Å². The zero-order chi connectivity index (χ0) is 16.8. The number of hydrogen-bond donors (Lipinski definition) is 0. The van der Waals surface area contributed by atoms with Crippen LogP contribution in [0, 0.1) is 5.92 Å². The first kappa shape index (κ1) is 20.9. The molecule has 0 aromatic rings. The average Bonchev–Trinajstić information content (AvgIpc) is 2.48. The molecule has 4 heteroatoms. The minimum Gasteiger partial charge on any atom is -0.465 e. The van der Waals surface area contributed by atoms with Gasteiger partial charge in [0.2, 0.25) is 0 Å². The molecule has 0 aromatic heterocycles. The van der Waals surface area contributed by atoms with Crippen molar-refractivity contribution in [3.05, 3.63) is 0 Å². The molecule has 0 rings (SSSR count). The summed E-state index contributed by atoms with van der Waals surface area (Å²) in [4.78, 5) is 23.2. The van der Waals surface area contributed by atoms with Gasteiger partial charge in [-0.25, -0.2) is 0 Å². The Bertz CT molecular complexity index is 297. The first-order valence-corrected chi connectivity index (χ1v) is 8.88. The van der Waals surface area contributed by atoms with Gasteiger partial charge in [-0.2, -0.15) is 0 Å². The molecule has 0 aliphatic rings. The van der Waals surface area contributed by atoms with Crippen LogP contribution < -0.4 is 0 Å². The summed E-state index contributed by atoms with van der Waals surface area (Å²) in [6, 6.07) is 0. The quantitative estimate of drug-likeness (QED) is 0.367. The van der Waals surface area contributed by atoms with Crippen molar-refractivity contribution in [2.45, 2.75) is 91.6 Å². The van der Waals surface area contributed by atoms with Crippen LogP contribution in [0.15, 0.2) is 0 Å². The van der Waals surface area contributed by atoms with Gasteiger partial charge in [-0.05, 0) is 32.1 Å². The standard InChI is InChI=1S/C18H34O4/c1-5-8-9-11-15(4)22-18(20)13-10-12-17(19)21-14-16(6-2)7-3/h15-16H,5-14H2,1-4H3. The second-order valence-electron chi connectivity index (χ2n) is 6.02. The summed E-state index contributed by atoms with van der Waals surface area (Å²) in [5, 5.41) is 0. The summed E-state index contributed by atoms with van der Waals surface area (Å²) in [5.41, 5.74) is 0. The third kappa shape index (κ3) is 11.6. The molecule has 0 aliphatic heterocycles. The minimum atomic E-state index is -0.212. The van der Waals surface area contributed by atoms with Gasteiger partial charge in [0.05, 0.1) is 12.7 Å². The largest absolute Gasteiger partial charge is 0.465 e. The molecule has 4 nitrogen and oxygen atoms in total. The molecule has 130 valence electrons. The van der Waals surface area contributed by atoms with Crippen LogP contribution in [0.5, 0.6) is 0 Å². The number of hydrogen-bond acceptors (Lipinski definition) is 4. The fourth-order valence-corrected chi connectivity index (χ4v) is 2.21. The fourth-order valence-electron chi connectivity index (χ4n) is 2.21. The number of carbonyl (C=O) groups excluding carboxylic acids is 2. The van der Waals surface area contributed by atoms with Gasteiger partial charge < -0.3 is 9.47 Å². The monoisotopic (exact) mass is 314 g/mol. The third-order valence-corrected chi connectivity index (χ3v) is 3.94. The lowest BCUT2D eigenvalue weighted by Gasteiger charge is -2.13. The first-order chi connectivity index (χ1) is 10.5. The van der Waals surface area contributed by atoms with Crippen LogP contribution in [-0.2, 0) is 19.1 Å². The van der Waals surface area contributed by atoms with E-state index in [1.807, 2.05) is 6.92 Å². The van der Waals surface area contributed by atoms with Gasteiger partial charge in [0, 0.05) is 12.8 Å². The summed E-state index contributed by atoms with van der Waals surface area (Å²) < 4.78 is 10.5. The molecule has 0 saturated heterocycles. The molecule has 0 N–H and O–H groups in total. The van der Waals surface area contributed by atoms with Crippen molar-refractivity contribution < 1.29 is 19.1 Å². The van der Waals surface area contributed by atoms with E-state index in [0.717, 1.165) is 25.7 Å². The molecule has 22 heavy (non-hydrogen) atoms. The van der Waals surface area contributed by atoms with E-state index in [4.69, 9.17) is 9.47 Å². The highest BCUT2D eigenvalue weighted by molar-refractivity contribution is 5.72. The van der Waals surface area contributed by atoms with Crippen molar-refractivity contribution in [3.8, 4) is 0 Å². The molecule has 0 bridgehead atoms. The second-order valence-corrected chi connectivity index (χ2v) is 6.02. The summed E-state index contributed by atoms with van der Waals surface area (Å²) in [7, 11) is 0. The van der Waals surface area contributed by atoms with Gasteiger partial charge in [0.15, 0.2) is 0 Å². The number of unbranched alkanes of at least 4 members (excludes halogenated alkanes) is 2. The Kier molecular flexibility index (Phi) is 12.9. The van der Waals surface area contributed by atoms with E-state index in [2.05, 4.69) is 20.8 Å². The third-order valence-electron chi connectivity index (χ3n) is 3.94. The smallest absolute Gasteiger partial charge is 0.306 e. The Hall–Kier alpha value is -1.06. The number of ether oxygens (including phenoxy) is 2. The molecule has 1 unspecified atom stereocenters. The van der Waals surface area contributed by atoms with Crippen LogP contribution >= 0.6 is 0 Å². The number of carbonyl (C=O) groups is 2. The van der Waals surface area contributed by atoms with Crippen LogP contribution in [-0.4, -0.2) is 24.6 Å². The topological polar surface area (TPSA) is 52.6 Å². The number of rotatable bonds is 13. The Balaban J connectivity index is 3.67. The van der Waals surface area contributed by atoms with Crippen LogP contribution in [0.25, 0.3) is 0 Å². The molecule has 0 heterocycles. The summed E-state index contributed by atoms with van der Waals surface area (Å²) in [6.07, 6.45) is 7.44.